The summed E-state index contributed by atoms with van der Waals surface area (Å²) in [6.45, 7) is 2.42. The summed E-state index contributed by atoms with van der Waals surface area (Å²) in [5.41, 5.74) is -0.0882. The maximum Gasteiger partial charge on any atom is 0.254 e. The van der Waals surface area contributed by atoms with E-state index in [1.54, 1.807) is 12.0 Å². The summed E-state index contributed by atoms with van der Waals surface area (Å²) in [5, 5.41) is 0. The van der Waals surface area contributed by atoms with Gasteiger partial charge in [0.25, 0.3) is 5.91 Å². The Balaban J connectivity index is 1.57. The van der Waals surface area contributed by atoms with Gasteiger partial charge in [-0.3, -0.25) is 4.79 Å². The molecule has 2 fully saturated rings. The fourth-order valence-electron chi connectivity index (χ4n) is 3.23. The average Bonchev–Trinajstić information content (AvgIpc) is 2.90. The van der Waals surface area contributed by atoms with Crippen molar-refractivity contribution in [3.8, 4) is 0 Å². The van der Waals surface area contributed by atoms with Crippen LogP contribution in [-0.2, 0) is 9.47 Å². The average molecular weight is 311 g/mol. The molecule has 0 aliphatic carbocycles. The van der Waals surface area contributed by atoms with Gasteiger partial charge in [0.2, 0.25) is 0 Å². The SMILES string of the molecule is COCCC1COC2(C1)CN(C(=O)c1ccc(F)c(F)c1)C2. The standard InChI is InChI=1S/C16H19F2NO3/c1-21-5-4-11-7-16(22-8-11)9-19(10-16)15(20)12-2-3-13(17)14(18)6-12/h2-3,6,11H,4-5,7-10H2,1H3. The first-order valence-corrected chi connectivity index (χ1v) is 7.40. The normalized spacial score (nSPS) is 22.9. The smallest absolute Gasteiger partial charge is 0.254 e. The lowest BCUT2D eigenvalue weighted by Gasteiger charge is -2.47. The minimum Gasteiger partial charge on any atom is -0.385 e. The molecular weight excluding hydrogens is 292 g/mol. The molecule has 0 N–H and O–H groups in total. The minimum atomic E-state index is -1.00. The summed E-state index contributed by atoms with van der Waals surface area (Å²) < 4.78 is 37.1. The lowest BCUT2D eigenvalue weighted by molar-refractivity contribution is -0.0950. The van der Waals surface area contributed by atoms with Crippen LogP contribution in [0.1, 0.15) is 23.2 Å². The van der Waals surface area contributed by atoms with Crippen molar-refractivity contribution in [3.63, 3.8) is 0 Å². The Labute approximate surface area is 128 Å². The monoisotopic (exact) mass is 311 g/mol. The van der Waals surface area contributed by atoms with Gasteiger partial charge in [0.05, 0.1) is 19.7 Å². The zero-order chi connectivity index (χ0) is 15.7. The van der Waals surface area contributed by atoms with Crippen molar-refractivity contribution < 1.29 is 23.0 Å². The van der Waals surface area contributed by atoms with Gasteiger partial charge in [0.1, 0.15) is 5.60 Å². The molecule has 4 nitrogen and oxygen atoms in total. The Morgan fingerprint density at radius 1 is 1.41 bits per heavy atom. The van der Waals surface area contributed by atoms with E-state index in [9.17, 15) is 13.6 Å². The van der Waals surface area contributed by atoms with E-state index < -0.39 is 11.6 Å². The number of halogens is 2. The predicted octanol–water partition coefficient (Wildman–Crippen LogP) is 2.23. The zero-order valence-corrected chi connectivity index (χ0v) is 12.5. The topological polar surface area (TPSA) is 38.8 Å². The number of ether oxygens (including phenoxy) is 2. The van der Waals surface area contributed by atoms with Gasteiger partial charge >= 0.3 is 0 Å². The first-order chi connectivity index (χ1) is 10.5. The molecule has 0 aromatic heterocycles. The van der Waals surface area contributed by atoms with Crippen LogP contribution in [0.5, 0.6) is 0 Å². The van der Waals surface area contributed by atoms with Gasteiger partial charge in [-0.15, -0.1) is 0 Å². The summed E-state index contributed by atoms with van der Waals surface area (Å²) in [6, 6.07) is 3.23. The lowest BCUT2D eigenvalue weighted by atomic mass is 9.85. The molecule has 0 saturated carbocycles. The third-order valence-electron chi connectivity index (χ3n) is 4.43. The van der Waals surface area contributed by atoms with Gasteiger partial charge in [-0.2, -0.15) is 0 Å². The summed E-state index contributed by atoms with van der Waals surface area (Å²) >= 11 is 0. The molecule has 0 radical (unpaired) electrons. The van der Waals surface area contributed by atoms with Gasteiger partial charge in [0.15, 0.2) is 11.6 Å². The summed E-state index contributed by atoms with van der Waals surface area (Å²) in [5.74, 6) is -1.77. The molecule has 2 aliphatic rings. The van der Waals surface area contributed by atoms with Gasteiger partial charge in [0, 0.05) is 19.3 Å². The first-order valence-electron chi connectivity index (χ1n) is 7.40. The predicted molar refractivity (Wildman–Crippen MR) is 75.5 cm³/mol. The summed E-state index contributed by atoms with van der Waals surface area (Å²) in [4.78, 5) is 13.9. The molecule has 1 aromatic rings. The highest BCUT2D eigenvalue weighted by Gasteiger charge is 2.51. The molecule has 1 atom stereocenters. The van der Waals surface area contributed by atoms with Crippen molar-refractivity contribution in [1.29, 1.82) is 0 Å². The number of nitrogens with zero attached hydrogens (tertiary/aromatic N) is 1. The summed E-state index contributed by atoms with van der Waals surface area (Å²) in [7, 11) is 1.68. The third kappa shape index (κ3) is 2.85. The van der Waals surface area contributed by atoms with E-state index in [0.717, 1.165) is 25.0 Å². The molecule has 0 bridgehead atoms. The van der Waals surface area contributed by atoms with E-state index in [4.69, 9.17) is 9.47 Å². The maximum atomic E-state index is 13.2. The number of carbonyl (C=O) groups is 1. The molecule has 6 heteroatoms. The van der Waals surface area contributed by atoms with E-state index in [2.05, 4.69) is 0 Å². The van der Waals surface area contributed by atoms with E-state index in [0.29, 0.717) is 32.2 Å². The van der Waals surface area contributed by atoms with Crippen LogP contribution < -0.4 is 0 Å². The largest absolute Gasteiger partial charge is 0.385 e. The summed E-state index contributed by atoms with van der Waals surface area (Å²) in [6.07, 6.45) is 1.87. The first kappa shape index (κ1) is 15.4. The Kier molecular flexibility index (Phi) is 4.14. The quantitative estimate of drug-likeness (QED) is 0.856. The molecule has 1 aromatic carbocycles. The van der Waals surface area contributed by atoms with E-state index in [-0.39, 0.29) is 17.1 Å². The highest BCUT2D eigenvalue weighted by Crippen LogP contribution is 2.39. The van der Waals surface area contributed by atoms with Crippen molar-refractivity contribution in [3.05, 3.63) is 35.4 Å². The van der Waals surface area contributed by atoms with Gasteiger partial charge in [-0.25, -0.2) is 8.78 Å². The molecule has 1 spiro atoms. The van der Waals surface area contributed by atoms with Crippen LogP contribution in [0.15, 0.2) is 18.2 Å². The number of amides is 1. The number of benzene rings is 1. The fourth-order valence-corrected chi connectivity index (χ4v) is 3.23. The van der Waals surface area contributed by atoms with E-state index in [1.807, 2.05) is 0 Å². The second-order valence-electron chi connectivity index (χ2n) is 6.14. The highest BCUT2D eigenvalue weighted by molar-refractivity contribution is 5.95. The third-order valence-corrected chi connectivity index (χ3v) is 4.43. The molecule has 1 amide bonds. The molecule has 22 heavy (non-hydrogen) atoms. The number of rotatable bonds is 4. The number of likely N-dealkylation sites (tertiary alicyclic amines) is 1. The van der Waals surface area contributed by atoms with Crippen LogP contribution in [0.2, 0.25) is 0 Å². The van der Waals surface area contributed by atoms with Crippen LogP contribution >= 0.6 is 0 Å². The number of methoxy groups -OCH3 is 1. The number of hydrogen-bond acceptors (Lipinski definition) is 3. The molecule has 2 heterocycles. The molecule has 1 unspecified atom stereocenters. The molecular formula is C16H19F2NO3. The Morgan fingerprint density at radius 2 is 2.18 bits per heavy atom. The van der Waals surface area contributed by atoms with Crippen LogP contribution in [0.25, 0.3) is 0 Å². The Hall–Kier alpha value is -1.53. The maximum absolute atomic E-state index is 13.2. The fraction of sp³-hybridized carbons (Fsp3) is 0.562. The highest BCUT2D eigenvalue weighted by atomic mass is 19.2. The van der Waals surface area contributed by atoms with Crippen LogP contribution in [0, 0.1) is 17.6 Å². The Bertz CT molecular complexity index is 573. The molecule has 120 valence electrons. The Morgan fingerprint density at radius 3 is 2.86 bits per heavy atom. The van der Waals surface area contributed by atoms with Crippen molar-refractivity contribution in [2.75, 3.05) is 33.4 Å². The number of hydrogen-bond donors (Lipinski definition) is 0. The zero-order valence-electron chi connectivity index (χ0n) is 12.5. The van der Waals surface area contributed by atoms with Gasteiger partial charge < -0.3 is 14.4 Å². The molecule has 2 aliphatic heterocycles. The molecule has 3 rings (SSSR count). The van der Waals surface area contributed by atoms with Crippen molar-refractivity contribution >= 4 is 5.91 Å². The van der Waals surface area contributed by atoms with Crippen molar-refractivity contribution in [2.24, 2.45) is 5.92 Å². The van der Waals surface area contributed by atoms with E-state index >= 15 is 0 Å². The van der Waals surface area contributed by atoms with E-state index in [1.165, 1.54) is 6.07 Å². The van der Waals surface area contributed by atoms with Gasteiger partial charge in [-0.05, 0) is 37.0 Å². The van der Waals surface area contributed by atoms with Crippen molar-refractivity contribution in [1.82, 2.24) is 4.90 Å². The van der Waals surface area contributed by atoms with Crippen molar-refractivity contribution in [2.45, 2.75) is 18.4 Å². The molecule has 2 saturated heterocycles. The second-order valence-corrected chi connectivity index (χ2v) is 6.14. The van der Waals surface area contributed by atoms with Gasteiger partial charge in [-0.1, -0.05) is 0 Å². The second kappa shape index (κ2) is 5.93. The van der Waals surface area contributed by atoms with Crippen LogP contribution in [-0.4, -0.2) is 49.8 Å². The minimum absolute atomic E-state index is 0.169. The van der Waals surface area contributed by atoms with Crippen LogP contribution in [0.3, 0.4) is 0 Å². The number of carbonyl (C=O) groups excluding carboxylic acids is 1. The lowest BCUT2D eigenvalue weighted by Crippen LogP contribution is -2.63. The van der Waals surface area contributed by atoms with Crippen LogP contribution in [0.4, 0.5) is 8.78 Å².